The molecule has 0 saturated heterocycles. The number of hydrogen-bond donors (Lipinski definition) is 2. The number of amides is 2. The zero-order chi connectivity index (χ0) is 24.5. The summed E-state index contributed by atoms with van der Waals surface area (Å²) < 4.78 is 0. The number of benzene rings is 4. The fraction of sp³-hybridized carbons (Fsp3) is 0.0968. The normalized spacial score (nSPS) is 10.7. The van der Waals surface area contributed by atoms with Gasteiger partial charge in [0, 0.05) is 24.1 Å². The lowest BCUT2D eigenvalue weighted by molar-refractivity contribution is -0.125. The van der Waals surface area contributed by atoms with E-state index in [4.69, 9.17) is 6.42 Å². The van der Waals surface area contributed by atoms with Crippen molar-refractivity contribution in [3.63, 3.8) is 0 Å². The van der Waals surface area contributed by atoms with Gasteiger partial charge in [0.15, 0.2) is 0 Å². The van der Waals surface area contributed by atoms with E-state index in [1.807, 2.05) is 91.0 Å². The maximum atomic E-state index is 13.3. The molecule has 2 N–H and O–H groups in total. The summed E-state index contributed by atoms with van der Waals surface area (Å²) in [6.45, 7) is 0. The third-order valence-electron chi connectivity index (χ3n) is 5.86. The minimum atomic E-state index is -0.900. The molecule has 35 heavy (non-hydrogen) atoms. The lowest BCUT2D eigenvalue weighted by Gasteiger charge is -2.37. The lowest BCUT2D eigenvalue weighted by Crippen LogP contribution is -2.48. The number of rotatable bonds is 8. The second-order valence-corrected chi connectivity index (χ2v) is 8.17. The van der Waals surface area contributed by atoms with E-state index in [-0.39, 0.29) is 24.7 Å². The van der Waals surface area contributed by atoms with Gasteiger partial charge in [-0.2, -0.15) is 0 Å². The lowest BCUT2D eigenvalue weighted by atomic mass is 9.77. The van der Waals surface area contributed by atoms with Crippen LogP contribution in [0.3, 0.4) is 0 Å². The third kappa shape index (κ3) is 5.48. The molecule has 0 atom stereocenters. The van der Waals surface area contributed by atoms with Crippen molar-refractivity contribution in [1.29, 1.82) is 0 Å². The Morgan fingerprint density at radius 1 is 0.629 bits per heavy atom. The maximum absolute atomic E-state index is 13.3. The maximum Gasteiger partial charge on any atom is 0.224 e. The van der Waals surface area contributed by atoms with Gasteiger partial charge < -0.3 is 10.6 Å². The van der Waals surface area contributed by atoms with E-state index in [0.717, 1.165) is 22.3 Å². The first-order valence-electron chi connectivity index (χ1n) is 11.5. The van der Waals surface area contributed by atoms with E-state index < -0.39 is 5.54 Å². The number of hydrogen-bond acceptors (Lipinski definition) is 2. The molecule has 0 aliphatic rings. The number of carbonyl (C=O) groups is 2. The minimum absolute atomic E-state index is 0.0442. The van der Waals surface area contributed by atoms with E-state index in [9.17, 15) is 9.59 Å². The van der Waals surface area contributed by atoms with E-state index >= 15 is 0 Å². The first-order chi connectivity index (χ1) is 17.1. The molecule has 4 aromatic carbocycles. The summed E-state index contributed by atoms with van der Waals surface area (Å²) in [5.74, 6) is 2.08. The molecular formula is C31H26N2O2. The number of carbonyl (C=O) groups excluding carboxylic acids is 2. The van der Waals surface area contributed by atoms with Gasteiger partial charge in [-0.05, 0) is 41.0 Å². The Kier molecular flexibility index (Phi) is 7.40. The molecule has 0 aliphatic heterocycles. The highest BCUT2D eigenvalue weighted by Crippen LogP contribution is 2.36. The topological polar surface area (TPSA) is 58.2 Å². The number of anilines is 1. The van der Waals surface area contributed by atoms with Gasteiger partial charge in [0.1, 0.15) is 5.54 Å². The van der Waals surface area contributed by atoms with E-state index in [0.29, 0.717) is 5.69 Å². The Bertz CT molecular complexity index is 1210. The van der Waals surface area contributed by atoms with Crippen LogP contribution >= 0.6 is 0 Å². The molecule has 4 heteroatoms. The Balaban J connectivity index is 1.58. The van der Waals surface area contributed by atoms with Crippen LogP contribution in [0, 0.1) is 12.3 Å². The third-order valence-corrected chi connectivity index (χ3v) is 5.86. The minimum Gasteiger partial charge on any atom is -0.338 e. The average molecular weight is 459 g/mol. The number of terminal acetylenes is 1. The molecule has 0 radical (unpaired) electrons. The van der Waals surface area contributed by atoms with E-state index in [1.54, 1.807) is 24.3 Å². The van der Waals surface area contributed by atoms with Crippen molar-refractivity contribution >= 4 is 17.5 Å². The van der Waals surface area contributed by atoms with Gasteiger partial charge >= 0.3 is 0 Å². The largest absolute Gasteiger partial charge is 0.338 e. The van der Waals surface area contributed by atoms with Gasteiger partial charge in [0.25, 0.3) is 0 Å². The predicted molar refractivity (Wildman–Crippen MR) is 140 cm³/mol. The summed E-state index contributed by atoms with van der Waals surface area (Å²) in [6, 6.07) is 36.7. The van der Waals surface area contributed by atoms with Gasteiger partial charge in [-0.1, -0.05) is 96.9 Å². The molecule has 172 valence electrons. The second kappa shape index (κ2) is 11.0. The Morgan fingerprint density at radius 2 is 1.06 bits per heavy atom. The predicted octanol–water partition coefficient (Wildman–Crippen LogP) is 5.49. The van der Waals surface area contributed by atoms with Gasteiger partial charge in [0.2, 0.25) is 11.8 Å². The molecule has 4 aromatic rings. The average Bonchev–Trinajstić information content (AvgIpc) is 2.92. The Hall–Kier alpha value is -4.62. The molecule has 0 aromatic heterocycles. The van der Waals surface area contributed by atoms with Crippen LogP contribution in [0.25, 0.3) is 0 Å². The monoisotopic (exact) mass is 458 g/mol. The molecule has 0 bridgehead atoms. The molecule has 2 amide bonds. The molecule has 0 spiro atoms. The molecule has 0 saturated carbocycles. The second-order valence-electron chi connectivity index (χ2n) is 8.17. The van der Waals surface area contributed by atoms with Crippen LogP contribution in [0.4, 0.5) is 5.69 Å². The quantitative estimate of drug-likeness (QED) is 0.271. The molecular weight excluding hydrogens is 432 g/mol. The fourth-order valence-corrected chi connectivity index (χ4v) is 4.15. The molecule has 0 unspecified atom stereocenters. The summed E-state index contributed by atoms with van der Waals surface area (Å²) >= 11 is 0. The summed E-state index contributed by atoms with van der Waals surface area (Å²) in [4.78, 5) is 25.8. The van der Waals surface area contributed by atoms with Gasteiger partial charge in [0.05, 0.1) is 0 Å². The van der Waals surface area contributed by atoms with Crippen LogP contribution in [-0.4, -0.2) is 11.8 Å². The van der Waals surface area contributed by atoms with Crippen LogP contribution in [0.2, 0.25) is 0 Å². The van der Waals surface area contributed by atoms with Crippen LogP contribution in [0.1, 0.15) is 35.1 Å². The van der Waals surface area contributed by atoms with E-state index in [2.05, 4.69) is 16.6 Å². The van der Waals surface area contributed by atoms with Crippen molar-refractivity contribution in [3.8, 4) is 12.3 Å². The summed E-state index contributed by atoms with van der Waals surface area (Å²) in [6.07, 6.45) is 5.47. The van der Waals surface area contributed by atoms with Crippen molar-refractivity contribution in [2.24, 2.45) is 0 Å². The van der Waals surface area contributed by atoms with Gasteiger partial charge in [-0.25, -0.2) is 0 Å². The summed E-state index contributed by atoms with van der Waals surface area (Å²) in [5.41, 5.74) is 3.28. The summed E-state index contributed by atoms with van der Waals surface area (Å²) in [7, 11) is 0. The highest BCUT2D eigenvalue weighted by molar-refractivity contribution is 5.93. The van der Waals surface area contributed by atoms with Crippen LogP contribution < -0.4 is 10.6 Å². The first-order valence-corrected chi connectivity index (χ1v) is 11.5. The number of nitrogens with one attached hydrogen (secondary N) is 2. The fourth-order valence-electron chi connectivity index (χ4n) is 4.15. The standard InChI is InChI=1S/C31H26N2O2/c1-2-24-18-20-28(21-19-24)32-29(34)22-23-30(35)33-31(25-12-6-3-7-13-25,26-14-8-4-9-15-26)27-16-10-5-11-17-27/h1,3-21H,22-23H2,(H,32,34)(H,33,35). The highest BCUT2D eigenvalue weighted by Gasteiger charge is 2.37. The van der Waals surface area contributed by atoms with Gasteiger partial charge in [-0.15, -0.1) is 6.42 Å². The van der Waals surface area contributed by atoms with Crippen molar-refractivity contribution in [1.82, 2.24) is 5.32 Å². The van der Waals surface area contributed by atoms with Crippen molar-refractivity contribution < 1.29 is 9.59 Å². The van der Waals surface area contributed by atoms with Crippen molar-refractivity contribution in [3.05, 3.63) is 138 Å². The van der Waals surface area contributed by atoms with E-state index in [1.165, 1.54) is 0 Å². The van der Waals surface area contributed by atoms with Crippen LogP contribution in [0.15, 0.2) is 115 Å². The molecule has 0 fully saturated rings. The first kappa shape index (κ1) is 23.5. The molecule has 4 rings (SSSR count). The van der Waals surface area contributed by atoms with Crippen molar-refractivity contribution in [2.75, 3.05) is 5.32 Å². The van der Waals surface area contributed by atoms with Crippen molar-refractivity contribution in [2.45, 2.75) is 18.4 Å². The Morgan fingerprint density at radius 3 is 1.49 bits per heavy atom. The van der Waals surface area contributed by atoms with Crippen LogP contribution in [-0.2, 0) is 15.1 Å². The SMILES string of the molecule is C#Cc1ccc(NC(=O)CCC(=O)NC(c2ccccc2)(c2ccccc2)c2ccccc2)cc1. The molecule has 4 nitrogen and oxygen atoms in total. The zero-order valence-corrected chi connectivity index (χ0v) is 19.3. The molecule has 0 heterocycles. The summed E-state index contributed by atoms with van der Waals surface area (Å²) in [5, 5.41) is 6.09. The highest BCUT2D eigenvalue weighted by atomic mass is 16.2. The Labute approximate surface area is 206 Å². The molecule has 0 aliphatic carbocycles. The van der Waals surface area contributed by atoms with Gasteiger partial charge in [-0.3, -0.25) is 9.59 Å². The smallest absolute Gasteiger partial charge is 0.224 e. The van der Waals surface area contributed by atoms with Crippen LogP contribution in [0.5, 0.6) is 0 Å². The zero-order valence-electron chi connectivity index (χ0n) is 19.3.